The predicted octanol–water partition coefficient (Wildman–Crippen LogP) is 4.77. The van der Waals surface area contributed by atoms with Crippen molar-refractivity contribution in [1.29, 1.82) is 0 Å². The molecule has 1 saturated carbocycles. The zero-order valence-electron chi connectivity index (χ0n) is 18.4. The first-order valence-electron chi connectivity index (χ1n) is 10.9. The molecule has 172 valence electrons. The van der Waals surface area contributed by atoms with Crippen LogP contribution < -0.4 is 11.1 Å². The maximum atomic E-state index is 14.2. The average Bonchev–Trinajstić information content (AvgIpc) is 2.78. The lowest BCUT2D eigenvalue weighted by Gasteiger charge is -2.36. The third-order valence-electron chi connectivity index (χ3n) is 6.38. The molecule has 4 N–H and O–H groups in total. The maximum absolute atomic E-state index is 14.2. The summed E-state index contributed by atoms with van der Waals surface area (Å²) in [6.07, 6.45) is 4.43. The summed E-state index contributed by atoms with van der Waals surface area (Å²) < 4.78 is 28.5. The largest absolute Gasteiger partial charge is 0.397 e. The fourth-order valence-electron chi connectivity index (χ4n) is 4.67. The van der Waals surface area contributed by atoms with Crippen molar-refractivity contribution in [3.8, 4) is 11.3 Å². The lowest BCUT2D eigenvalue weighted by molar-refractivity contribution is 0.0252. The number of hydrogen-bond donors (Lipinski definition) is 3. The molecule has 1 aromatic carbocycles. The van der Waals surface area contributed by atoms with E-state index in [1.54, 1.807) is 12.4 Å². The zero-order valence-corrected chi connectivity index (χ0v) is 18.4. The third-order valence-corrected chi connectivity index (χ3v) is 6.38. The van der Waals surface area contributed by atoms with Crippen LogP contribution in [0.4, 0.5) is 20.2 Å². The number of rotatable bonds is 4. The fourth-order valence-corrected chi connectivity index (χ4v) is 4.67. The van der Waals surface area contributed by atoms with Gasteiger partial charge in [0.1, 0.15) is 11.6 Å². The van der Waals surface area contributed by atoms with Gasteiger partial charge in [0.15, 0.2) is 5.69 Å². The lowest BCUT2D eigenvalue weighted by atomic mass is 9.72. The number of anilines is 2. The van der Waals surface area contributed by atoms with Gasteiger partial charge in [-0.1, -0.05) is 19.9 Å². The van der Waals surface area contributed by atoms with E-state index in [4.69, 9.17) is 5.73 Å². The van der Waals surface area contributed by atoms with Crippen LogP contribution in [0.5, 0.6) is 0 Å². The van der Waals surface area contributed by atoms with Crippen LogP contribution in [0, 0.1) is 23.5 Å². The average molecular weight is 453 g/mol. The highest BCUT2D eigenvalue weighted by atomic mass is 19.1. The van der Waals surface area contributed by atoms with Crippen LogP contribution in [0.2, 0.25) is 0 Å². The SMILES string of the molecule is C[C@@H]1C[C@H](c2ccncc2NC(=O)c2nc(-c3c(F)cccc3F)ccc2N)C[C@@H](C)[C@H]1O. The van der Waals surface area contributed by atoms with Crippen molar-refractivity contribution in [2.75, 3.05) is 11.1 Å². The summed E-state index contributed by atoms with van der Waals surface area (Å²) in [5.41, 5.74) is 7.01. The number of hydrogen-bond acceptors (Lipinski definition) is 5. The van der Waals surface area contributed by atoms with Crippen molar-refractivity contribution >= 4 is 17.3 Å². The molecule has 6 nitrogen and oxygen atoms in total. The van der Waals surface area contributed by atoms with Crippen molar-refractivity contribution in [1.82, 2.24) is 9.97 Å². The first-order valence-corrected chi connectivity index (χ1v) is 10.9. The maximum Gasteiger partial charge on any atom is 0.276 e. The van der Waals surface area contributed by atoms with Crippen LogP contribution in [0.3, 0.4) is 0 Å². The second-order valence-corrected chi connectivity index (χ2v) is 8.76. The number of amides is 1. The molecule has 0 saturated heterocycles. The summed E-state index contributed by atoms with van der Waals surface area (Å²) in [6, 6.07) is 8.15. The van der Waals surface area contributed by atoms with Crippen molar-refractivity contribution in [3.63, 3.8) is 0 Å². The van der Waals surface area contributed by atoms with E-state index < -0.39 is 17.5 Å². The molecular weight excluding hydrogens is 426 g/mol. The number of nitrogens with one attached hydrogen (secondary N) is 1. The molecule has 0 spiro atoms. The molecule has 0 aliphatic heterocycles. The standard InChI is InChI=1S/C25H26F2N4O2/c1-13-10-15(11-14(2)24(13)32)16-8-9-29-12-21(16)31-25(33)23-19(28)6-7-20(30-23)22-17(26)4-3-5-18(22)27/h3-9,12-15,24,32H,10-11,28H2,1-2H3,(H,31,33)/t13-,14-,15-,24-/m1/s1. The highest BCUT2D eigenvalue weighted by Gasteiger charge is 2.33. The van der Waals surface area contributed by atoms with Crippen LogP contribution in [0.15, 0.2) is 48.8 Å². The van der Waals surface area contributed by atoms with Gasteiger partial charge in [-0.15, -0.1) is 0 Å². The lowest BCUT2D eigenvalue weighted by Crippen LogP contribution is -2.33. The van der Waals surface area contributed by atoms with Gasteiger partial charge in [-0.3, -0.25) is 9.78 Å². The molecule has 2 aromatic heterocycles. The Hall–Kier alpha value is -3.39. The normalized spacial score (nSPS) is 22.7. The summed E-state index contributed by atoms with van der Waals surface area (Å²) in [4.78, 5) is 21.4. The number of carbonyl (C=O) groups is 1. The van der Waals surface area contributed by atoms with Gasteiger partial charge in [-0.05, 0) is 66.5 Å². The monoisotopic (exact) mass is 452 g/mol. The van der Waals surface area contributed by atoms with Gasteiger partial charge in [0.2, 0.25) is 0 Å². The first kappa shape index (κ1) is 22.8. The van der Waals surface area contributed by atoms with E-state index in [1.165, 1.54) is 18.2 Å². The Morgan fingerprint density at radius 1 is 1.09 bits per heavy atom. The molecule has 3 aromatic rings. The van der Waals surface area contributed by atoms with E-state index in [2.05, 4.69) is 15.3 Å². The number of nitrogens with zero attached hydrogens (tertiary/aromatic N) is 2. The molecule has 2 heterocycles. The molecule has 0 bridgehead atoms. The molecule has 0 radical (unpaired) electrons. The molecule has 0 unspecified atom stereocenters. The predicted molar refractivity (Wildman–Crippen MR) is 123 cm³/mol. The third kappa shape index (κ3) is 4.57. The Bertz CT molecular complexity index is 1150. The highest BCUT2D eigenvalue weighted by molar-refractivity contribution is 6.06. The minimum atomic E-state index is -0.782. The molecule has 1 aliphatic carbocycles. The molecule has 1 aliphatic rings. The summed E-state index contributed by atoms with van der Waals surface area (Å²) in [5.74, 6) is -1.77. The van der Waals surface area contributed by atoms with Gasteiger partial charge < -0.3 is 16.2 Å². The summed E-state index contributed by atoms with van der Waals surface area (Å²) >= 11 is 0. The Labute approximate surface area is 190 Å². The van der Waals surface area contributed by atoms with Crippen LogP contribution in [0.1, 0.15) is 48.7 Å². The van der Waals surface area contributed by atoms with E-state index in [9.17, 15) is 18.7 Å². The molecule has 1 amide bonds. The number of nitrogens with two attached hydrogens (primary N) is 1. The van der Waals surface area contributed by atoms with Gasteiger partial charge in [-0.2, -0.15) is 0 Å². The van der Waals surface area contributed by atoms with Gasteiger partial charge in [0, 0.05) is 6.20 Å². The molecule has 8 heteroatoms. The fraction of sp³-hybridized carbons (Fsp3) is 0.320. The second-order valence-electron chi connectivity index (χ2n) is 8.76. The number of nitrogen functional groups attached to an aromatic ring is 1. The Morgan fingerprint density at radius 2 is 1.76 bits per heavy atom. The Balaban J connectivity index is 1.64. The highest BCUT2D eigenvalue weighted by Crippen LogP contribution is 2.41. The van der Waals surface area contributed by atoms with Crippen LogP contribution in [-0.2, 0) is 0 Å². The number of pyridine rings is 2. The van der Waals surface area contributed by atoms with E-state index in [0.29, 0.717) is 5.69 Å². The zero-order chi connectivity index (χ0) is 23.7. The van der Waals surface area contributed by atoms with Gasteiger partial charge in [0.05, 0.1) is 34.9 Å². The Morgan fingerprint density at radius 3 is 2.42 bits per heavy atom. The first-order chi connectivity index (χ1) is 15.8. The van der Waals surface area contributed by atoms with Crippen LogP contribution in [0.25, 0.3) is 11.3 Å². The molecule has 1 fully saturated rings. The van der Waals surface area contributed by atoms with Gasteiger partial charge >= 0.3 is 0 Å². The summed E-state index contributed by atoms with van der Waals surface area (Å²) in [6.45, 7) is 4.04. The topological polar surface area (TPSA) is 101 Å². The summed E-state index contributed by atoms with van der Waals surface area (Å²) in [7, 11) is 0. The molecule has 4 rings (SSSR count). The Kier molecular flexibility index (Phi) is 6.37. The van der Waals surface area contributed by atoms with E-state index >= 15 is 0 Å². The minimum Gasteiger partial charge on any atom is -0.397 e. The minimum absolute atomic E-state index is 0.0275. The molecule has 33 heavy (non-hydrogen) atoms. The number of aromatic nitrogens is 2. The van der Waals surface area contributed by atoms with E-state index in [-0.39, 0.29) is 46.5 Å². The van der Waals surface area contributed by atoms with Crippen molar-refractivity contribution in [2.24, 2.45) is 11.8 Å². The van der Waals surface area contributed by atoms with Crippen molar-refractivity contribution in [3.05, 3.63) is 71.7 Å². The van der Waals surface area contributed by atoms with Gasteiger partial charge in [0.25, 0.3) is 5.91 Å². The number of aliphatic hydroxyl groups excluding tert-OH is 1. The summed E-state index contributed by atoms with van der Waals surface area (Å²) in [5, 5.41) is 13.1. The number of benzene rings is 1. The van der Waals surface area contributed by atoms with Crippen molar-refractivity contribution < 1.29 is 18.7 Å². The van der Waals surface area contributed by atoms with Crippen molar-refractivity contribution in [2.45, 2.75) is 38.7 Å². The molecular formula is C25H26F2N4O2. The number of carbonyl (C=O) groups excluding carboxylic acids is 1. The molecule has 2 atom stereocenters. The second kappa shape index (κ2) is 9.23. The number of aliphatic hydroxyl groups is 1. The quantitative estimate of drug-likeness (QED) is 0.530. The number of halogens is 2. The van der Waals surface area contributed by atoms with Crippen LogP contribution in [-0.4, -0.2) is 27.1 Å². The smallest absolute Gasteiger partial charge is 0.276 e. The van der Waals surface area contributed by atoms with Crippen LogP contribution >= 0.6 is 0 Å². The van der Waals surface area contributed by atoms with Gasteiger partial charge in [-0.25, -0.2) is 13.8 Å². The van der Waals surface area contributed by atoms with E-state index in [0.717, 1.165) is 30.5 Å². The van der Waals surface area contributed by atoms with E-state index in [1.807, 2.05) is 19.9 Å².